The Bertz CT molecular complexity index is 933. The molecule has 0 radical (unpaired) electrons. The van der Waals surface area contributed by atoms with Crippen molar-refractivity contribution in [2.75, 3.05) is 5.73 Å². The fourth-order valence-electron chi connectivity index (χ4n) is 2.45. The van der Waals surface area contributed by atoms with Gasteiger partial charge in [-0.15, -0.1) is 0 Å². The summed E-state index contributed by atoms with van der Waals surface area (Å²) in [6.45, 7) is 1.54. The topological polar surface area (TPSA) is 85.2 Å². The summed E-state index contributed by atoms with van der Waals surface area (Å²) in [5, 5.41) is 1.15. The van der Waals surface area contributed by atoms with Gasteiger partial charge in [-0.25, -0.2) is 4.79 Å². The Balaban J connectivity index is 1.78. The Hall–Kier alpha value is -2.79. The number of hydrogen-bond acceptors (Lipinski definition) is 4. The maximum atomic E-state index is 12.6. The van der Waals surface area contributed by atoms with Crippen LogP contribution in [0.4, 0.5) is 5.69 Å². The lowest BCUT2D eigenvalue weighted by molar-refractivity contribution is 0.0319. The van der Waals surface area contributed by atoms with Gasteiger partial charge in [-0.2, -0.15) is 0 Å². The summed E-state index contributed by atoms with van der Waals surface area (Å²) in [5.74, 6) is -0.901. The van der Waals surface area contributed by atoms with Gasteiger partial charge < -0.3 is 15.5 Å². The zero-order valence-corrected chi connectivity index (χ0v) is 13.6. The Labute approximate surface area is 143 Å². The van der Waals surface area contributed by atoms with E-state index < -0.39 is 12.1 Å². The molecule has 0 saturated heterocycles. The van der Waals surface area contributed by atoms with Crippen LogP contribution in [0.5, 0.6) is 0 Å². The van der Waals surface area contributed by atoms with E-state index >= 15 is 0 Å². The van der Waals surface area contributed by atoms with E-state index in [1.54, 1.807) is 13.1 Å². The number of nitrogens with two attached hydrogens (primary N) is 1. The Morgan fingerprint density at radius 2 is 1.96 bits per heavy atom. The highest BCUT2D eigenvalue weighted by Crippen LogP contribution is 2.22. The number of nitrogens with one attached hydrogen (secondary N) is 1. The van der Waals surface area contributed by atoms with Crippen LogP contribution in [0.15, 0.2) is 48.7 Å². The molecule has 122 valence electrons. The Morgan fingerprint density at radius 1 is 1.21 bits per heavy atom. The molecule has 0 spiro atoms. The molecular weight excluding hydrogens is 328 g/mol. The molecular formula is C18H15ClN2O3. The van der Waals surface area contributed by atoms with E-state index in [0.717, 1.165) is 10.9 Å². The number of H-pyrrole nitrogens is 1. The number of fused-ring (bicyclic) bond motifs is 1. The molecule has 0 unspecified atom stereocenters. The number of benzene rings is 2. The predicted octanol–water partition coefficient (Wildman–Crippen LogP) is 3.83. The smallest absolute Gasteiger partial charge is 0.338 e. The van der Waals surface area contributed by atoms with Gasteiger partial charge in [0.25, 0.3) is 0 Å². The molecule has 0 saturated carbocycles. The normalized spacial score (nSPS) is 12.1. The van der Waals surface area contributed by atoms with Gasteiger partial charge in [-0.1, -0.05) is 29.8 Å². The highest BCUT2D eigenvalue weighted by Gasteiger charge is 2.23. The number of rotatable bonds is 4. The minimum Gasteiger partial charge on any atom is -0.451 e. The van der Waals surface area contributed by atoms with Crippen molar-refractivity contribution in [2.24, 2.45) is 0 Å². The molecule has 3 rings (SSSR count). The van der Waals surface area contributed by atoms with Crippen molar-refractivity contribution in [1.29, 1.82) is 0 Å². The summed E-state index contributed by atoms with van der Waals surface area (Å²) in [5.41, 5.74) is 7.54. The van der Waals surface area contributed by atoms with Gasteiger partial charge in [-0.3, -0.25) is 4.79 Å². The third-order valence-corrected chi connectivity index (χ3v) is 4.08. The molecule has 1 heterocycles. The number of carbonyl (C=O) groups excluding carboxylic acids is 2. The molecule has 1 atom stereocenters. The molecule has 0 aliphatic heterocycles. The summed E-state index contributed by atoms with van der Waals surface area (Å²) in [7, 11) is 0. The van der Waals surface area contributed by atoms with Gasteiger partial charge in [0, 0.05) is 22.7 Å². The van der Waals surface area contributed by atoms with Crippen molar-refractivity contribution >= 4 is 39.9 Å². The summed E-state index contributed by atoms with van der Waals surface area (Å²) in [6, 6.07) is 11.9. The summed E-state index contributed by atoms with van der Waals surface area (Å²) in [4.78, 5) is 27.8. The number of carbonyl (C=O) groups is 2. The van der Waals surface area contributed by atoms with Crippen LogP contribution in [-0.4, -0.2) is 22.8 Å². The Morgan fingerprint density at radius 3 is 2.71 bits per heavy atom. The zero-order chi connectivity index (χ0) is 17.3. The van der Waals surface area contributed by atoms with Crippen LogP contribution in [0, 0.1) is 0 Å². The van der Waals surface area contributed by atoms with Crippen molar-refractivity contribution in [3.05, 3.63) is 64.8 Å². The molecule has 24 heavy (non-hydrogen) atoms. The second-order valence-corrected chi connectivity index (χ2v) is 5.80. The number of para-hydroxylation sites is 1. The first-order valence-electron chi connectivity index (χ1n) is 7.33. The minimum atomic E-state index is -0.923. The number of anilines is 1. The number of ketones is 1. The highest BCUT2D eigenvalue weighted by atomic mass is 35.5. The molecule has 2 aromatic carbocycles. The standard InChI is InChI=1S/C18H15ClN2O3/c1-10(24-18(23)11-6-7-14(19)15(20)8-11)17(22)13-9-21-16-5-3-2-4-12(13)16/h2-10,21H,20H2,1H3/t10-/m0/s1. The lowest BCUT2D eigenvalue weighted by Gasteiger charge is -2.12. The first-order valence-corrected chi connectivity index (χ1v) is 7.71. The van der Waals surface area contributed by atoms with Gasteiger partial charge in [0.05, 0.1) is 16.3 Å². The lowest BCUT2D eigenvalue weighted by atomic mass is 10.1. The molecule has 0 aliphatic rings. The molecule has 0 amide bonds. The van der Waals surface area contributed by atoms with E-state index in [-0.39, 0.29) is 17.0 Å². The van der Waals surface area contributed by atoms with Crippen molar-refractivity contribution in [3.8, 4) is 0 Å². The van der Waals surface area contributed by atoms with Crippen molar-refractivity contribution in [2.45, 2.75) is 13.0 Å². The molecule has 5 nitrogen and oxygen atoms in total. The van der Waals surface area contributed by atoms with E-state index in [1.165, 1.54) is 18.2 Å². The van der Waals surface area contributed by atoms with E-state index in [0.29, 0.717) is 10.6 Å². The second kappa shape index (κ2) is 6.37. The molecule has 1 aromatic heterocycles. The molecule has 6 heteroatoms. The molecule has 3 aromatic rings. The van der Waals surface area contributed by atoms with E-state index in [9.17, 15) is 9.59 Å². The van der Waals surface area contributed by atoms with E-state index in [4.69, 9.17) is 22.1 Å². The van der Waals surface area contributed by atoms with Crippen molar-refractivity contribution in [1.82, 2.24) is 4.98 Å². The minimum absolute atomic E-state index is 0.246. The average Bonchev–Trinajstić information content (AvgIpc) is 3.00. The second-order valence-electron chi connectivity index (χ2n) is 5.40. The SMILES string of the molecule is C[C@H](OC(=O)c1ccc(Cl)c(N)c1)C(=O)c1c[nH]c2ccccc12. The van der Waals surface area contributed by atoms with Crippen LogP contribution in [0.1, 0.15) is 27.6 Å². The third-order valence-electron chi connectivity index (χ3n) is 3.74. The number of aromatic amines is 1. The lowest BCUT2D eigenvalue weighted by Crippen LogP contribution is -2.24. The number of aromatic nitrogens is 1. The number of nitrogen functional groups attached to an aromatic ring is 1. The van der Waals surface area contributed by atoms with Gasteiger partial charge in [0.2, 0.25) is 5.78 Å². The molecule has 0 fully saturated rings. The maximum Gasteiger partial charge on any atom is 0.338 e. The summed E-state index contributed by atoms with van der Waals surface area (Å²) < 4.78 is 5.26. The van der Waals surface area contributed by atoms with E-state index in [2.05, 4.69) is 4.98 Å². The number of esters is 1. The molecule has 3 N–H and O–H groups in total. The number of ether oxygens (including phenoxy) is 1. The van der Waals surface area contributed by atoms with Gasteiger partial charge >= 0.3 is 5.97 Å². The number of hydrogen-bond donors (Lipinski definition) is 2. The quantitative estimate of drug-likeness (QED) is 0.428. The predicted molar refractivity (Wildman–Crippen MR) is 93.4 cm³/mol. The third kappa shape index (κ3) is 2.98. The maximum absolute atomic E-state index is 12.6. The number of halogens is 1. The summed E-state index contributed by atoms with van der Waals surface area (Å²) in [6.07, 6.45) is 0.700. The first-order chi connectivity index (χ1) is 11.5. The fraction of sp³-hybridized carbons (Fsp3) is 0.111. The highest BCUT2D eigenvalue weighted by molar-refractivity contribution is 6.33. The zero-order valence-electron chi connectivity index (χ0n) is 12.9. The van der Waals surface area contributed by atoms with Crippen LogP contribution in [0.25, 0.3) is 10.9 Å². The van der Waals surface area contributed by atoms with Crippen LogP contribution in [-0.2, 0) is 4.74 Å². The van der Waals surface area contributed by atoms with Crippen LogP contribution in [0.2, 0.25) is 5.02 Å². The molecule has 0 bridgehead atoms. The van der Waals surface area contributed by atoms with Gasteiger partial charge in [0.15, 0.2) is 6.10 Å². The van der Waals surface area contributed by atoms with Crippen molar-refractivity contribution in [3.63, 3.8) is 0 Å². The van der Waals surface area contributed by atoms with E-state index in [1.807, 2.05) is 24.3 Å². The fourth-order valence-corrected chi connectivity index (χ4v) is 2.56. The van der Waals surface area contributed by atoms with Crippen molar-refractivity contribution < 1.29 is 14.3 Å². The van der Waals surface area contributed by atoms with Gasteiger partial charge in [-0.05, 0) is 31.2 Å². The van der Waals surface area contributed by atoms with Crippen LogP contribution in [0.3, 0.4) is 0 Å². The van der Waals surface area contributed by atoms with Crippen LogP contribution < -0.4 is 5.73 Å². The monoisotopic (exact) mass is 342 g/mol. The molecule has 0 aliphatic carbocycles. The number of Topliss-reactive ketones (excluding diaryl/α,β-unsaturated/α-hetero) is 1. The van der Waals surface area contributed by atoms with Gasteiger partial charge in [0.1, 0.15) is 0 Å². The summed E-state index contributed by atoms with van der Waals surface area (Å²) >= 11 is 5.83. The average molecular weight is 343 g/mol. The largest absolute Gasteiger partial charge is 0.451 e. The first kappa shape index (κ1) is 16.1. The van der Waals surface area contributed by atoms with Crippen LogP contribution >= 0.6 is 11.6 Å². The Kier molecular flexibility index (Phi) is 4.27.